The summed E-state index contributed by atoms with van der Waals surface area (Å²) in [5.41, 5.74) is 0.935. The average molecular weight is 387 g/mol. The maximum absolute atomic E-state index is 12.4. The van der Waals surface area contributed by atoms with Crippen molar-refractivity contribution >= 4 is 34.5 Å². The van der Waals surface area contributed by atoms with Crippen LogP contribution in [0.3, 0.4) is 0 Å². The quantitative estimate of drug-likeness (QED) is 0.812. The third-order valence-electron chi connectivity index (χ3n) is 3.71. The fraction of sp³-hybridized carbons (Fsp3) is 0.467. The number of halogens is 1. The van der Waals surface area contributed by atoms with Crippen molar-refractivity contribution in [2.45, 2.75) is 32.2 Å². The van der Waals surface area contributed by atoms with Crippen LogP contribution in [0.5, 0.6) is 0 Å². The fourth-order valence-corrected chi connectivity index (χ4v) is 3.20. The number of piperidine rings is 1. The summed E-state index contributed by atoms with van der Waals surface area (Å²) in [5, 5.41) is 9.29. The van der Waals surface area contributed by atoms with Crippen molar-refractivity contribution in [1.82, 2.24) is 4.90 Å². The molecular formula is C15H18INO3. The normalized spacial score (nSPS) is 22.6. The average Bonchev–Trinajstić information content (AvgIpc) is 2.38. The number of carbonyl (C=O) groups is 2. The molecule has 5 heteroatoms. The number of hydrogen-bond donors (Lipinski definition) is 1. The summed E-state index contributed by atoms with van der Waals surface area (Å²) in [6.07, 6.45) is 1.70. The van der Waals surface area contributed by atoms with Crippen molar-refractivity contribution < 1.29 is 14.7 Å². The van der Waals surface area contributed by atoms with E-state index in [0.29, 0.717) is 18.9 Å². The predicted octanol–water partition coefficient (Wildman–Crippen LogP) is 2.55. The molecule has 0 aliphatic carbocycles. The summed E-state index contributed by atoms with van der Waals surface area (Å²) in [6, 6.07) is 7.08. The molecule has 1 aliphatic heterocycles. The smallest absolute Gasteiger partial charge is 0.326 e. The van der Waals surface area contributed by atoms with Gasteiger partial charge >= 0.3 is 5.97 Å². The van der Waals surface area contributed by atoms with Gasteiger partial charge in [0.1, 0.15) is 6.04 Å². The van der Waals surface area contributed by atoms with Gasteiger partial charge in [-0.2, -0.15) is 0 Å². The van der Waals surface area contributed by atoms with E-state index in [0.717, 1.165) is 15.6 Å². The molecule has 0 bridgehead atoms. The predicted molar refractivity (Wildman–Crippen MR) is 84.4 cm³/mol. The number of carboxylic acid groups (broad SMARTS) is 1. The van der Waals surface area contributed by atoms with Gasteiger partial charge in [0, 0.05) is 10.1 Å². The Bertz CT molecular complexity index is 518. The van der Waals surface area contributed by atoms with Gasteiger partial charge in [0.2, 0.25) is 5.91 Å². The summed E-state index contributed by atoms with van der Waals surface area (Å²) in [6.45, 7) is 2.58. The minimum absolute atomic E-state index is 0.0914. The first-order chi connectivity index (χ1) is 9.47. The van der Waals surface area contributed by atoms with E-state index in [1.165, 1.54) is 4.90 Å². The van der Waals surface area contributed by atoms with Crippen LogP contribution in [-0.2, 0) is 16.0 Å². The van der Waals surface area contributed by atoms with Crippen LogP contribution < -0.4 is 0 Å². The zero-order chi connectivity index (χ0) is 14.7. The molecule has 0 aromatic heterocycles. The number of hydrogen-bond acceptors (Lipinski definition) is 2. The van der Waals surface area contributed by atoms with Crippen LogP contribution in [0.4, 0.5) is 0 Å². The number of nitrogens with zero attached hydrogens (tertiary/aromatic N) is 1. The first kappa shape index (κ1) is 15.3. The standard InChI is InChI=1S/C15H18INO3/c1-10-5-6-17(13(7-10)15(19)20)14(18)9-11-3-2-4-12(16)8-11/h2-4,8,10,13H,5-7,9H2,1H3,(H,19,20). The number of rotatable bonds is 3. The van der Waals surface area contributed by atoms with Crippen molar-refractivity contribution in [3.05, 3.63) is 33.4 Å². The minimum Gasteiger partial charge on any atom is -0.480 e. The molecule has 1 aliphatic rings. The summed E-state index contributed by atoms with van der Waals surface area (Å²) in [4.78, 5) is 25.2. The Labute approximate surface area is 132 Å². The van der Waals surface area contributed by atoms with Gasteiger partial charge in [-0.05, 0) is 59.0 Å². The van der Waals surface area contributed by atoms with Crippen LogP contribution >= 0.6 is 22.6 Å². The Hall–Kier alpha value is -1.11. The highest BCUT2D eigenvalue weighted by Gasteiger charge is 2.34. The maximum Gasteiger partial charge on any atom is 0.326 e. The van der Waals surface area contributed by atoms with Crippen LogP contribution in [0.2, 0.25) is 0 Å². The van der Waals surface area contributed by atoms with Gasteiger partial charge in [0.05, 0.1) is 6.42 Å². The Balaban J connectivity index is 2.09. The van der Waals surface area contributed by atoms with Gasteiger partial charge in [0.15, 0.2) is 0 Å². The molecule has 1 heterocycles. The Morgan fingerprint density at radius 1 is 1.45 bits per heavy atom. The highest BCUT2D eigenvalue weighted by Crippen LogP contribution is 2.23. The van der Waals surface area contributed by atoms with Crippen molar-refractivity contribution in [3.8, 4) is 0 Å². The zero-order valence-electron chi connectivity index (χ0n) is 11.4. The number of amides is 1. The first-order valence-electron chi connectivity index (χ1n) is 6.74. The molecular weight excluding hydrogens is 369 g/mol. The lowest BCUT2D eigenvalue weighted by molar-refractivity contribution is -0.152. The second-order valence-electron chi connectivity index (χ2n) is 5.38. The second kappa shape index (κ2) is 6.56. The van der Waals surface area contributed by atoms with Crippen molar-refractivity contribution in [3.63, 3.8) is 0 Å². The van der Waals surface area contributed by atoms with Gasteiger partial charge in [-0.15, -0.1) is 0 Å². The lowest BCUT2D eigenvalue weighted by Crippen LogP contribution is -2.50. The third kappa shape index (κ3) is 3.71. The summed E-state index contributed by atoms with van der Waals surface area (Å²) in [5.74, 6) is -0.628. The van der Waals surface area contributed by atoms with Gasteiger partial charge in [-0.1, -0.05) is 19.1 Å². The van der Waals surface area contributed by atoms with E-state index in [4.69, 9.17) is 0 Å². The lowest BCUT2D eigenvalue weighted by atomic mass is 9.92. The molecule has 108 valence electrons. The largest absolute Gasteiger partial charge is 0.480 e. The molecule has 0 radical (unpaired) electrons. The molecule has 0 spiro atoms. The third-order valence-corrected chi connectivity index (χ3v) is 4.39. The molecule has 1 saturated heterocycles. The van der Waals surface area contributed by atoms with Gasteiger partial charge < -0.3 is 10.0 Å². The van der Waals surface area contributed by atoms with E-state index in [1.807, 2.05) is 31.2 Å². The number of benzene rings is 1. The molecule has 2 atom stereocenters. The number of aliphatic carboxylic acids is 1. The van der Waals surface area contributed by atoms with Gasteiger partial charge in [0.25, 0.3) is 0 Å². The second-order valence-corrected chi connectivity index (χ2v) is 6.62. The number of likely N-dealkylation sites (tertiary alicyclic amines) is 1. The zero-order valence-corrected chi connectivity index (χ0v) is 13.5. The lowest BCUT2D eigenvalue weighted by Gasteiger charge is -2.36. The Morgan fingerprint density at radius 2 is 2.20 bits per heavy atom. The molecule has 2 rings (SSSR count). The summed E-state index contributed by atoms with van der Waals surface area (Å²) < 4.78 is 1.08. The summed E-state index contributed by atoms with van der Waals surface area (Å²) in [7, 11) is 0. The number of carbonyl (C=O) groups excluding carboxylic acids is 1. The van der Waals surface area contributed by atoms with Crippen molar-refractivity contribution in [2.75, 3.05) is 6.54 Å². The number of carboxylic acids is 1. The van der Waals surface area contributed by atoms with Crippen LogP contribution in [0, 0.1) is 9.49 Å². The van der Waals surface area contributed by atoms with Gasteiger partial charge in [-0.25, -0.2) is 4.79 Å². The summed E-state index contributed by atoms with van der Waals surface area (Å²) >= 11 is 2.21. The Kier molecular flexibility index (Phi) is 5.01. The molecule has 1 aromatic rings. The molecule has 4 nitrogen and oxygen atoms in total. The molecule has 1 fully saturated rings. The molecule has 0 saturated carbocycles. The Morgan fingerprint density at radius 3 is 2.85 bits per heavy atom. The van der Waals surface area contributed by atoms with Crippen LogP contribution in [0.1, 0.15) is 25.3 Å². The molecule has 1 aromatic carbocycles. The maximum atomic E-state index is 12.4. The van der Waals surface area contributed by atoms with E-state index in [-0.39, 0.29) is 12.3 Å². The minimum atomic E-state index is -0.896. The molecule has 2 unspecified atom stereocenters. The van der Waals surface area contributed by atoms with Gasteiger partial charge in [-0.3, -0.25) is 4.79 Å². The SMILES string of the molecule is CC1CCN(C(=O)Cc2cccc(I)c2)C(C(=O)O)C1. The van der Waals surface area contributed by atoms with E-state index < -0.39 is 12.0 Å². The monoisotopic (exact) mass is 387 g/mol. The van der Waals surface area contributed by atoms with Crippen molar-refractivity contribution in [2.24, 2.45) is 5.92 Å². The van der Waals surface area contributed by atoms with E-state index in [9.17, 15) is 14.7 Å². The van der Waals surface area contributed by atoms with E-state index in [1.54, 1.807) is 0 Å². The van der Waals surface area contributed by atoms with Crippen LogP contribution in [-0.4, -0.2) is 34.5 Å². The highest BCUT2D eigenvalue weighted by atomic mass is 127. The van der Waals surface area contributed by atoms with Crippen LogP contribution in [0.25, 0.3) is 0 Å². The van der Waals surface area contributed by atoms with Crippen LogP contribution in [0.15, 0.2) is 24.3 Å². The van der Waals surface area contributed by atoms with E-state index >= 15 is 0 Å². The van der Waals surface area contributed by atoms with Crippen molar-refractivity contribution in [1.29, 1.82) is 0 Å². The first-order valence-corrected chi connectivity index (χ1v) is 7.82. The molecule has 1 amide bonds. The highest BCUT2D eigenvalue weighted by molar-refractivity contribution is 14.1. The molecule has 20 heavy (non-hydrogen) atoms. The topological polar surface area (TPSA) is 57.6 Å². The van der Waals surface area contributed by atoms with E-state index in [2.05, 4.69) is 22.6 Å². The fourth-order valence-electron chi connectivity index (χ4n) is 2.60. The molecule has 1 N–H and O–H groups in total.